The fourth-order valence-corrected chi connectivity index (χ4v) is 4.37. The zero-order valence-electron chi connectivity index (χ0n) is 17.1. The smallest absolute Gasteiger partial charge is 0.345 e. The summed E-state index contributed by atoms with van der Waals surface area (Å²) in [5.41, 5.74) is 8.40. The van der Waals surface area contributed by atoms with Crippen LogP contribution in [0, 0.1) is 0 Å². The van der Waals surface area contributed by atoms with E-state index in [1.807, 2.05) is 32.2 Å². The van der Waals surface area contributed by atoms with E-state index in [-0.39, 0.29) is 6.04 Å². The third-order valence-corrected chi connectivity index (χ3v) is 5.98. The van der Waals surface area contributed by atoms with Crippen molar-refractivity contribution in [2.24, 2.45) is 12.8 Å². The minimum absolute atomic E-state index is 0.233. The van der Waals surface area contributed by atoms with Gasteiger partial charge in [-0.2, -0.15) is 0 Å². The van der Waals surface area contributed by atoms with Crippen LogP contribution < -0.4 is 11.3 Å². The number of pyridine rings is 1. The lowest BCUT2D eigenvalue weighted by atomic mass is 9.99. The zero-order chi connectivity index (χ0) is 21.6. The largest absolute Gasteiger partial charge is 0.506 e. The van der Waals surface area contributed by atoms with Gasteiger partial charge in [0.05, 0.1) is 5.69 Å². The Morgan fingerprint density at radius 2 is 2.10 bits per heavy atom. The molecule has 0 spiro atoms. The van der Waals surface area contributed by atoms with E-state index >= 15 is 0 Å². The number of hydrogen-bond acceptors (Lipinski definition) is 5. The highest BCUT2D eigenvalue weighted by molar-refractivity contribution is 5.92. The van der Waals surface area contributed by atoms with Gasteiger partial charge in [0.2, 0.25) is 0 Å². The normalized spacial score (nSPS) is 17.1. The maximum atomic E-state index is 12.3. The summed E-state index contributed by atoms with van der Waals surface area (Å²) in [7, 11) is 2.03. The van der Waals surface area contributed by atoms with Gasteiger partial charge in [0, 0.05) is 54.9 Å². The van der Waals surface area contributed by atoms with Crippen molar-refractivity contribution in [1.82, 2.24) is 14.5 Å². The molecule has 3 aromatic rings. The lowest BCUT2D eigenvalue weighted by Gasteiger charge is -2.15. The molecule has 1 aromatic carbocycles. The van der Waals surface area contributed by atoms with Gasteiger partial charge in [-0.25, -0.2) is 4.79 Å². The van der Waals surface area contributed by atoms with Gasteiger partial charge in [0.1, 0.15) is 5.75 Å². The highest BCUT2D eigenvalue weighted by atomic mass is 16.4. The maximum absolute atomic E-state index is 12.3. The van der Waals surface area contributed by atoms with Crippen LogP contribution in [0.15, 0.2) is 29.1 Å². The van der Waals surface area contributed by atoms with Gasteiger partial charge in [-0.05, 0) is 36.6 Å². The molecule has 4 rings (SSSR count). The van der Waals surface area contributed by atoms with E-state index in [2.05, 4.69) is 20.5 Å². The van der Waals surface area contributed by atoms with E-state index in [1.54, 1.807) is 0 Å². The monoisotopic (exact) mass is 410 g/mol. The van der Waals surface area contributed by atoms with Crippen molar-refractivity contribution in [1.29, 1.82) is 0 Å². The third-order valence-electron chi connectivity index (χ3n) is 5.98. The fraction of sp³-hybridized carbons (Fsp3) is 0.364. The number of carbonyl (C=O) groups is 1. The van der Waals surface area contributed by atoms with Crippen LogP contribution in [-0.2, 0) is 20.0 Å². The number of nitrogens with zero attached hydrogens (tertiary/aromatic N) is 2. The Morgan fingerprint density at radius 1 is 1.33 bits per heavy atom. The minimum atomic E-state index is -1.44. The van der Waals surface area contributed by atoms with E-state index in [0.717, 1.165) is 42.5 Å². The zero-order valence-corrected chi connectivity index (χ0v) is 17.1. The number of aryl methyl sites for hydroxylation is 1. The number of aromatic nitrogens is 2. The number of fused-ring (bicyclic) bond motifs is 1. The van der Waals surface area contributed by atoms with Crippen LogP contribution in [0.4, 0.5) is 0 Å². The Hall–Kier alpha value is -3.10. The molecule has 1 fully saturated rings. The van der Waals surface area contributed by atoms with Crippen molar-refractivity contribution in [3.8, 4) is 17.0 Å². The number of nitrogens with one attached hydrogen (secondary N) is 1. The summed E-state index contributed by atoms with van der Waals surface area (Å²) in [6, 6.07) is 8.17. The highest BCUT2D eigenvalue weighted by Crippen LogP contribution is 2.32. The Balaban J connectivity index is 1.77. The molecule has 0 aliphatic carbocycles. The SMILES string of the molecule is CCc1c(-c2ccc3c(c2)cc(CN2CCC(N)C2)n3C)[nH]c(=O)c(C(=O)O)c1O. The first-order chi connectivity index (χ1) is 14.3. The molecule has 8 nitrogen and oxygen atoms in total. The molecule has 2 aromatic heterocycles. The van der Waals surface area contributed by atoms with E-state index in [4.69, 9.17) is 5.73 Å². The molecule has 1 unspecified atom stereocenters. The molecule has 0 amide bonds. The average Bonchev–Trinajstić information content (AvgIpc) is 3.24. The predicted octanol–water partition coefficient (Wildman–Crippen LogP) is 2.03. The van der Waals surface area contributed by atoms with E-state index in [1.165, 1.54) is 5.69 Å². The van der Waals surface area contributed by atoms with Crippen LogP contribution in [-0.4, -0.2) is 49.8 Å². The number of hydrogen-bond donors (Lipinski definition) is 4. The summed E-state index contributed by atoms with van der Waals surface area (Å²) in [6.45, 7) is 4.51. The first kappa shape index (κ1) is 20.2. The van der Waals surface area contributed by atoms with Crippen LogP contribution in [0.3, 0.4) is 0 Å². The van der Waals surface area contributed by atoms with Crippen molar-refractivity contribution in [2.75, 3.05) is 13.1 Å². The number of aromatic hydroxyl groups is 1. The quantitative estimate of drug-likeness (QED) is 0.510. The molecule has 8 heteroatoms. The number of rotatable bonds is 5. The Bertz CT molecular complexity index is 1190. The standard InChI is InChI=1S/C22H26N4O4/c1-3-16-19(24-21(28)18(20(16)27)22(29)30)12-4-5-17-13(8-12)9-15(25(17)2)11-26-7-6-14(23)10-26/h4-5,8-9,14H,3,6-7,10-11,23H2,1-2H3,(H,29,30)(H2,24,27,28). The van der Waals surface area contributed by atoms with Crippen molar-refractivity contribution >= 4 is 16.9 Å². The summed E-state index contributed by atoms with van der Waals surface area (Å²) in [5, 5.41) is 20.7. The second-order valence-electron chi connectivity index (χ2n) is 7.94. The molecule has 5 N–H and O–H groups in total. The van der Waals surface area contributed by atoms with Gasteiger partial charge < -0.3 is 25.5 Å². The number of aromatic carboxylic acids is 1. The van der Waals surface area contributed by atoms with Crippen molar-refractivity contribution in [2.45, 2.75) is 32.4 Å². The molecule has 1 saturated heterocycles. The van der Waals surface area contributed by atoms with Crippen molar-refractivity contribution < 1.29 is 15.0 Å². The first-order valence-corrected chi connectivity index (χ1v) is 10.1. The third kappa shape index (κ3) is 3.38. The van der Waals surface area contributed by atoms with Crippen molar-refractivity contribution in [3.05, 3.63) is 51.4 Å². The number of carboxylic acids is 1. The van der Waals surface area contributed by atoms with Gasteiger partial charge in [0.15, 0.2) is 5.56 Å². The number of H-pyrrole nitrogens is 1. The second-order valence-corrected chi connectivity index (χ2v) is 7.94. The average molecular weight is 410 g/mol. The first-order valence-electron chi connectivity index (χ1n) is 10.1. The Labute approximate surface area is 173 Å². The molecule has 30 heavy (non-hydrogen) atoms. The lowest BCUT2D eigenvalue weighted by molar-refractivity contribution is 0.0691. The second kappa shape index (κ2) is 7.62. The van der Waals surface area contributed by atoms with E-state index < -0.39 is 22.8 Å². The summed E-state index contributed by atoms with van der Waals surface area (Å²) >= 11 is 0. The van der Waals surface area contributed by atoms with Crippen LogP contribution in [0.25, 0.3) is 22.2 Å². The van der Waals surface area contributed by atoms with Gasteiger partial charge in [-0.1, -0.05) is 13.0 Å². The summed E-state index contributed by atoms with van der Waals surface area (Å²) in [4.78, 5) is 28.6. The molecule has 3 heterocycles. The number of benzene rings is 1. The number of nitrogens with two attached hydrogens (primary N) is 1. The van der Waals surface area contributed by atoms with E-state index in [0.29, 0.717) is 17.7 Å². The molecular weight excluding hydrogens is 384 g/mol. The van der Waals surface area contributed by atoms with Crippen LogP contribution in [0.5, 0.6) is 5.75 Å². The summed E-state index contributed by atoms with van der Waals surface area (Å²) < 4.78 is 2.15. The number of aromatic amines is 1. The number of carboxylic acid groups (broad SMARTS) is 1. The molecule has 1 aliphatic heterocycles. The van der Waals surface area contributed by atoms with E-state index in [9.17, 15) is 19.8 Å². The fourth-order valence-electron chi connectivity index (χ4n) is 4.37. The Morgan fingerprint density at radius 3 is 2.73 bits per heavy atom. The molecule has 0 radical (unpaired) electrons. The van der Waals surface area contributed by atoms with Crippen LogP contribution >= 0.6 is 0 Å². The van der Waals surface area contributed by atoms with Crippen LogP contribution in [0.1, 0.15) is 35.0 Å². The summed E-state index contributed by atoms with van der Waals surface area (Å²) in [6.07, 6.45) is 1.39. The summed E-state index contributed by atoms with van der Waals surface area (Å²) in [5.74, 6) is -1.91. The van der Waals surface area contributed by atoms with Crippen LogP contribution in [0.2, 0.25) is 0 Å². The molecular formula is C22H26N4O4. The predicted molar refractivity (Wildman–Crippen MR) is 115 cm³/mol. The molecule has 1 aliphatic rings. The van der Waals surface area contributed by atoms with Gasteiger partial charge in [0.25, 0.3) is 5.56 Å². The number of likely N-dealkylation sites (tertiary alicyclic amines) is 1. The lowest BCUT2D eigenvalue weighted by Crippen LogP contribution is -2.26. The van der Waals surface area contributed by atoms with Gasteiger partial charge >= 0.3 is 5.97 Å². The maximum Gasteiger partial charge on any atom is 0.345 e. The highest BCUT2D eigenvalue weighted by Gasteiger charge is 2.23. The van der Waals surface area contributed by atoms with Gasteiger partial charge in [-0.15, -0.1) is 0 Å². The van der Waals surface area contributed by atoms with Crippen molar-refractivity contribution in [3.63, 3.8) is 0 Å². The molecule has 158 valence electrons. The topological polar surface area (TPSA) is 125 Å². The minimum Gasteiger partial charge on any atom is -0.506 e. The van der Waals surface area contributed by atoms with Gasteiger partial charge in [-0.3, -0.25) is 9.69 Å². The molecule has 0 bridgehead atoms. The molecule has 1 atom stereocenters. The Kier molecular flexibility index (Phi) is 5.13. The molecule has 0 saturated carbocycles.